The van der Waals surface area contributed by atoms with E-state index >= 15 is 0 Å². The summed E-state index contributed by atoms with van der Waals surface area (Å²) in [4.78, 5) is 0. The molecule has 2 rings (SSSR count). The quantitative estimate of drug-likeness (QED) is 0.691. The Bertz CT molecular complexity index is 368. The van der Waals surface area contributed by atoms with Crippen LogP contribution in [-0.2, 0) is 0 Å². The van der Waals surface area contributed by atoms with Gasteiger partial charge in [0.05, 0.1) is 0 Å². The summed E-state index contributed by atoms with van der Waals surface area (Å²) in [5.74, 6) is 2.72. The number of nitrogens with two attached hydrogens (primary N) is 1. The first-order chi connectivity index (χ1) is 7.04. The number of anilines is 1. The lowest BCUT2D eigenvalue weighted by atomic mass is 9.80. The molecule has 0 bridgehead atoms. The van der Waals surface area contributed by atoms with E-state index in [4.69, 9.17) is 5.73 Å². The summed E-state index contributed by atoms with van der Waals surface area (Å²) >= 11 is 0. The summed E-state index contributed by atoms with van der Waals surface area (Å²) in [5, 5.41) is 0. The van der Waals surface area contributed by atoms with Crippen molar-refractivity contribution in [3.8, 4) is 0 Å². The third-order valence-electron chi connectivity index (χ3n) is 4.04. The lowest BCUT2D eigenvalue weighted by Crippen LogP contribution is -2.15. The minimum absolute atomic E-state index is 0.608. The van der Waals surface area contributed by atoms with E-state index in [1.54, 1.807) is 0 Å². The maximum Gasteiger partial charge on any atom is 0.0352 e. The molecule has 3 unspecified atom stereocenters. The molecule has 3 atom stereocenters. The smallest absolute Gasteiger partial charge is 0.0352 e. The molecule has 0 radical (unpaired) electrons. The van der Waals surface area contributed by atoms with Crippen LogP contribution in [0.15, 0.2) is 18.2 Å². The van der Waals surface area contributed by atoms with Crippen LogP contribution in [-0.4, -0.2) is 0 Å². The number of nitrogen functional groups attached to an aromatic ring is 1. The first kappa shape index (κ1) is 10.5. The van der Waals surface area contributed by atoms with Gasteiger partial charge in [0.2, 0.25) is 0 Å². The van der Waals surface area contributed by atoms with Crippen molar-refractivity contribution in [3.63, 3.8) is 0 Å². The molecule has 1 heteroatoms. The molecule has 1 aromatic carbocycles. The van der Waals surface area contributed by atoms with Crippen molar-refractivity contribution in [2.45, 2.75) is 39.5 Å². The van der Waals surface area contributed by atoms with Crippen molar-refractivity contribution in [2.75, 3.05) is 5.73 Å². The fraction of sp³-hybridized carbons (Fsp3) is 0.571. The second kappa shape index (κ2) is 3.55. The molecule has 0 saturated heterocycles. The third-order valence-corrected chi connectivity index (χ3v) is 4.04. The van der Waals surface area contributed by atoms with E-state index in [0.29, 0.717) is 11.8 Å². The molecule has 1 aliphatic carbocycles. The fourth-order valence-electron chi connectivity index (χ4n) is 3.51. The first-order valence-corrected chi connectivity index (χ1v) is 5.92. The Kier molecular flexibility index (Phi) is 2.49. The highest BCUT2D eigenvalue weighted by atomic mass is 14.6. The van der Waals surface area contributed by atoms with Gasteiger partial charge in [-0.05, 0) is 40.9 Å². The van der Waals surface area contributed by atoms with Crippen molar-refractivity contribution < 1.29 is 0 Å². The van der Waals surface area contributed by atoms with Crippen LogP contribution in [0.4, 0.5) is 5.69 Å². The van der Waals surface area contributed by atoms with Crippen LogP contribution in [0, 0.1) is 11.8 Å². The predicted molar refractivity (Wildman–Crippen MR) is 66.0 cm³/mol. The van der Waals surface area contributed by atoms with E-state index in [1.807, 2.05) is 6.07 Å². The second-order valence-electron chi connectivity index (χ2n) is 5.25. The Morgan fingerprint density at radius 1 is 1.13 bits per heavy atom. The zero-order valence-electron chi connectivity index (χ0n) is 10.1. The summed E-state index contributed by atoms with van der Waals surface area (Å²) in [6.07, 6.45) is 0. The lowest BCUT2D eigenvalue weighted by molar-refractivity contribution is 0.314. The monoisotopic (exact) mass is 203 g/mol. The zero-order valence-corrected chi connectivity index (χ0v) is 10.1. The lowest BCUT2D eigenvalue weighted by Gasteiger charge is -2.24. The number of benzene rings is 1. The van der Waals surface area contributed by atoms with Crippen molar-refractivity contribution in [1.29, 1.82) is 0 Å². The van der Waals surface area contributed by atoms with E-state index in [1.165, 1.54) is 11.1 Å². The molecule has 0 spiro atoms. The highest BCUT2D eigenvalue weighted by Gasteiger charge is 2.37. The largest absolute Gasteiger partial charge is 0.398 e. The zero-order chi connectivity index (χ0) is 11.2. The topological polar surface area (TPSA) is 26.0 Å². The van der Waals surface area contributed by atoms with Crippen molar-refractivity contribution in [1.82, 2.24) is 0 Å². The van der Waals surface area contributed by atoms with Crippen LogP contribution < -0.4 is 5.73 Å². The SMILES string of the molecule is CC(C)C1C(C)c2cccc(N)c2C1C. The van der Waals surface area contributed by atoms with E-state index in [-0.39, 0.29) is 0 Å². The fourth-order valence-corrected chi connectivity index (χ4v) is 3.51. The molecule has 15 heavy (non-hydrogen) atoms. The Balaban J connectivity index is 2.50. The summed E-state index contributed by atoms with van der Waals surface area (Å²) in [7, 11) is 0. The van der Waals surface area contributed by atoms with Gasteiger partial charge in [-0.2, -0.15) is 0 Å². The molecule has 0 amide bonds. The van der Waals surface area contributed by atoms with Gasteiger partial charge in [0.25, 0.3) is 0 Å². The van der Waals surface area contributed by atoms with Crippen molar-refractivity contribution >= 4 is 5.69 Å². The van der Waals surface area contributed by atoms with E-state index in [9.17, 15) is 0 Å². The highest BCUT2D eigenvalue weighted by molar-refractivity contribution is 5.56. The third kappa shape index (κ3) is 1.45. The molecule has 2 N–H and O–H groups in total. The van der Waals surface area contributed by atoms with Crippen molar-refractivity contribution in [3.05, 3.63) is 29.3 Å². The molecule has 0 aliphatic heterocycles. The predicted octanol–water partition coefficient (Wildman–Crippen LogP) is 3.76. The Morgan fingerprint density at radius 2 is 1.80 bits per heavy atom. The van der Waals surface area contributed by atoms with Crippen LogP contribution in [0.2, 0.25) is 0 Å². The number of hydrogen-bond acceptors (Lipinski definition) is 1. The van der Waals surface area contributed by atoms with Gasteiger partial charge >= 0.3 is 0 Å². The number of hydrogen-bond donors (Lipinski definition) is 1. The molecule has 82 valence electrons. The standard InChI is InChI=1S/C14H21N/c1-8(2)13-9(3)11-6-5-7-12(15)14(11)10(13)4/h5-10,13H,15H2,1-4H3. The Morgan fingerprint density at radius 3 is 2.33 bits per heavy atom. The maximum absolute atomic E-state index is 6.09. The van der Waals surface area contributed by atoms with Gasteiger partial charge in [-0.15, -0.1) is 0 Å². The number of fused-ring (bicyclic) bond motifs is 1. The van der Waals surface area contributed by atoms with Crippen LogP contribution in [0.25, 0.3) is 0 Å². The van der Waals surface area contributed by atoms with Gasteiger partial charge < -0.3 is 5.73 Å². The van der Waals surface area contributed by atoms with E-state index < -0.39 is 0 Å². The Hall–Kier alpha value is -0.980. The average molecular weight is 203 g/mol. The molecule has 0 fully saturated rings. The van der Waals surface area contributed by atoms with Gasteiger partial charge in [0.1, 0.15) is 0 Å². The first-order valence-electron chi connectivity index (χ1n) is 5.92. The van der Waals surface area contributed by atoms with Crippen LogP contribution in [0.1, 0.15) is 50.7 Å². The maximum atomic E-state index is 6.09. The Labute approximate surface area is 92.7 Å². The van der Waals surface area contributed by atoms with Gasteiger partial charge in [-0.1, -0.05) is 39.8 Å². The van der Waals surface area contributed by atoms with Gasteiger partial charge in [0.15, 0.2) is 0 Å². The van der Waals surface area contributed by atoms with Gasteiger partial charge in [-0.3, -0.25) is 0 Å². The average Bonchev–Trinajstić information content (AvgIpc) is 2.40. The molecule has 0 aromatic heterocycles. The minimum atomic E-state index is 0.608. The summed E-state index contributed by atoms with van der Waals surface area (Å²) in [6, 6.07) is 6.36. The van der Waals surface area contributed by atoms with E-state index in [0.717, 1.165) is 17.5 Å². The molecular formula is C14H21N. The second-order valence-corrected chi connectivity index (χ2v) is 5.25. The summed E-state index contributed by atoms with van der Waals surface area (Å²) in [6.45, 7) is 9.30. The summed E-state index contributed by atoms with van der Waals surface area (Å²) in [5.41, 5.74) is 9.95. The van der Waals surface area contributed by atoms with Crippen molar-refractivity contribution in [2.24, 2.45) is 11.8 Å². The van der Waals surface area contributed by atoms with Gasteiger partial charge in [0, 0.05) is 5.69 Å². The summed E-state index contributed by atoms with van der Waals surface area (Å²) < 4.78 is 0. The molecule has 1 aliphatic rings. The normalized spacial score (nSPS) is 29.5. The molecule has 0 saturated carbocycles. The molecular weight excluding hydrogens is 182 g/mol. The van der Waals surface area contributed by atoms with Crippen LogP contribution in [0.5, 0.6) is 0 Å². The van der Waals surface area contributed by atoms with Crippen LogP contribution in [0.3, 0.4) is 0 Å². The molecule has 1 nitrogen and oxygen atoms in total. The van der Waals surface area contributed by atoms with Gasteiger partial charge in [-0.25, -0.2) is 0 Å². The number of rotatable bonds is 1. The van der Waals surface area contributed by atoms with Crippen LogP contribution >= 0.6 is 0 Å². The van der Waals surface area contributed by atoms with E-state index in [2.05, 4.69) is 39.8 Å². The minimum Gasteiger partial charge on any atom is -0.398 e. The molecule has 1 aromatic rings. The highest BCUT2D eigenvalue weighted by Crippen LogP contribution is 2.51. The molecule has 0 heterocycles.